The molecule has 0 unspecified atom stereocenters. The van der Waals surface area contributed by atoms with Crippen molar-refractivity contribution in [3.05, 3.63) is 29.8 Å². The summed E-state index contributed by atoms with van der Waals surface area (Å²) in [7, 11) is 3.77. The molecular weight excluding hydrogens is 254 g/mol. The summed E-state index contributed by atoms with van der Waals surface area (Å²) in [4.78, 5) is 13.3. The highest BCUT2D eigenvalue weighted by Gasteiger charge is 2.03. The summed E-state index contributed by atoms with van der Waals surface area (Å²) in [6, 6.07) is 2.96. The molecule has 4 nitrogen and oxygen atoms in total. The molecule has 106 valence electrons. The highest BCUT2D eigenvalue weighted by Crippen LogP contribution is 2.14. The first kappa shape index (κ1) is 15.4. The van der Waals surface area contributed by atoms with Crippen LogP contribution in [0.5, 0.6) is 5.75 Å². The lowest BCUT2D eigenvalue weighted by atomic mass is 10.3. The predicted molar refractivity (Wildman–Crippen MR) is 68.0 cm³/mol. The van der Waals surface area contributed by atoms with E-state index < -0.39 is 11.6 Å². The molecule has 1 rings (SSSR count). The molecule has 0 heterocycles. The summed E-state index contributed by atoms with van der Waals surface area (Å²) < 4.78 is 30.8. The van der Waals surface area contributed by atoms with Gasteiger partial charge < -0.3 is 15.0 Å². The van der Waals surface area contributed by atoms with Gasteiger partial charge in [0.2, 0.25) is 5.91 Å². The number of benzene rings is 1. The fraction of sp³-hybridized carbons (Fsp3) is 0.462. The van der Waals surface area contributed by atoms with E-state index in [9.17, 15) is 13.6 Å². The molecule has 0 saturated carbocycles. The van der Waals surface area contributed by atoms with Crippen LogP contribution in [0.4, 0.5) is 8.78 Å². The third-order valence-electron chi connectivity index (χ3n) is 2.32. The average Bonchev–Trinajstić information content (AvgIpc) is 2.31. The zero-order chi connectivity index (χ0) is 14.3. The first-order chi connectivity index (χ1) is 8.97. The van der Waals surface area contributed by atoms with Gasteiger partial charge in [-0.15, -0.1) is 0 Å². The Morgan fingerprint density at radius 1 is 1.26 bits per heavy atom. The Balaban J connectivity index is 2.21. The lowest BCUT2D eigenvalue weighted by Crippen LogP contribution is -2.30. The SMILES string of the molecule is CN(C)CCC(=O)NCCOc1cc(F)cc(F)c1. The molecule has 1 aromatic rings. The van der Waals surface area contributed by atoms with Crippen LogP contribution < -0.4 is 10.1 Å². The first-order valence-corrected chi connectivity index (χ1v) is 5.97. The van der Waals surface area contributed by atoms with Gasteiger partial charge in [0, 0.05) is 31.2 Å². The van der Waals surface area contributed by atoms with Crippen molar-refractivity contribution in [3.63, 3.8) is 0 Å². The van der Waals surface area contributed by atoms with Gasteiger partial charge in [-0.3, -0.25) is 4.79 Å². The Hall–Kier alpha value is -1.69. The largest absolute Gasteiger partial charge is 0.492 e. The Morgan fingerprint density at radius 2 is 1.89 bits per heavy atom. The highest BCUT2D eigenvalue weighted by atomic mass is 19.1. The molecule has 6 heteroatoms. The Morgan fingerprint density at radius 3 is 2.47 bits per heavy atom. The number of hydrogen-bond acceptors (Lipinski definition) is 3. The third kappa shape index (κ3) is 6.71. The molecule has 0 saturated heterocycles. The topological polar surface area (TPSA) is 41.6 Å². The second-order valence-electron chi connectivity index (χ2n) is 4.36. The lowest BCUT2D eigenvalue weighted by molar-refractivity contribution is -0.121. The van der Waals surface area contributed by atoms with Crippen molar-refractivity contribution in [2.75, 3.05) is 33.8 Å². The van der Waals surface area contributed by atoms with Gasteiger partial charge in [-0.25, -0.2) is 8.78 Å². The fourth-order valence-electron chi connectivity index (χ4n) is 1.38. The maximum Gasteiger partial charge on any atom is 0.221 e. The molecule has 1 aromatic carbocycles. The van der Waals surface area contributed by atoms with Crippen molar-refractivity contribution in [1.82, 2.24) is 10.2 Å². The van der Waals surface area contributed by atoms with E-state index in [1.165, 1.54) is 0 Å². The van der Waals surface area contributed by atoms with E-state index in [0.717, 1.165) is 18.2 Å². The summed E-state index contributed by atoms with van der Waals surface area (Å²) in [5, 5.41) is 2.66. The number of nitrogens with zero attached hydrogens (tertiary/aromatic N) is 1. The van der Waals surface area contributed by atoms with Crippen LogP contribution in [0.2, 0.25) is 0 Å². The number of carbonyl (C=O) groups is 1. The average molecular weight is 272 g/mol. The van der Waals surface area contributed by atoms with E-state index in [1.54, 1.807) is 0 Å². The molecule has 0 aromatic heterocycles. The Labute approximate surface area is 111 Å². The smallest absolute Gasteiger partial charge is 0.221 e. The maximum absolute atomic E-state index is 12.8. The monoisotopic (exact) mass is 272 g/mol. The minimum absolute atomic E-state index is 0.0808. The Bertz CT molecular complexity index is 405. The van der Waals surface area contributed by atoms with Crippen LogP contribution in [0.25, 0.3) is 0 Å². The molecule has 0 aliphatic heterocycles. The number of carbonyl (C=O) groups excluding carboxylic acids is 1. The van der Waals surface area contributed by atoms with Crippen molar-refractivity contribution in [3.8, 4) is 5.75 Å². The summed E-state index contributed by atoms with van der Waals surface area (Å²) in [6.07, 6.45) is 0.404. The highest BCUT2D eigenvalue weighted by molar-refractivity contribution is 5.76. The van der Waals surface area contributed by atoms with E-state index in [1.807, 2.05) is 19.0 Å². The molecule has 0 bridgehead atoms. The summed E-state index contributed by atoms with van der Waals surface area (Å²) >= 11 is 0. The molecular formula is C13H18F2N2O2. The number of rotatable bonds is 7. The van der Waals surface area contributed by atoms with E-state index >= 15 is 0 Å². The van der Waals surface area contributed by atoms with Crippen molar-refractivity contribution < 1.29 is 18.3 Å². The van der Waals surface area contributed by atoms with Crippen LogP contribution in [-0.2, 0) is 4.79 Å². The third-order valence-corrected chi connectivity index (χ3v) is 2.32. The molecule has 0 aliphatic rings. The summed E-state index contributed by atoms with van der Waals surface area (Å²) in [5.74, 6) is -1.35. The number of nitrogens with one attached hydrogen (secondary N) is 1. The normalized spacial score (nSPS) is 10.6. The zero-order valence-corrected chi connectivity index (χ0v) is 11.1. The van der Waals surface area contributed by atoms with Crippen molar-refractivity contribution in [1.29, 1.82) is 0 Å². The fourth-order valence-corrected chi connectivity index (χ4v) is 1.38. The van der Waals surface area contributed by atoms with E-state index in [0.29, 0.717) is 19.5 Å². The molecule has 19 heavy (non-hydrogen) atoms. The maximum atomic E-state index is 12.8. The molecule has 0 atom stereocenters. The van der Waals surface area contributed by atoms with Gasteiger partial charge in [-0.2, -0.15) is 0 Å². The second-order valence-corrected chi connectivity index (χ2v) is 4.36. The predicted octanol–water partition coefficient (Wildman–Crippen LogP) is 1.41. The van der Waals surface area contributed by atoms with Gasteiger partial charge in [0.1, 0.15) is 24.0 Å². The number of amides is 1. The van der Waals surface area contributed by atoms with E-state index in [-0.39, 0.29) is 18.3 Å². The van der Waals surface area contributed by atoms with Crippen LogP contribution in [0.1, 0.15) is 6.42 Å². The standard InChI is InChI=1S/C13H18F2N2O2/c1-17(2)5-3-13(18)16-4-6-19-12-8-10(14)7-11(15)9-12/h7-9H,3-6H2,1-2H3,(H,16,18). The van der Waals surface area contributed by atoms with Gasteiger partial charge in [0.25, 0.3) is 0 Å². The summed E-state index contributed by atoms with van der Waals surface area (Å²) in [6.45, 7) is 1.13. The molecule has 0 fully saturated rings. The second kappa shape index (κ2) is 7.68. The van der Waals surface area contributed by atoms with Gasteiger partial charge in [-0.05, 0) is 14.1 Å². The molecule has 1 amide bonds. The van der Waals surface area contributed by atoms with Crippen molar-refractivity contribution >= 4 is 5.91 Å². The zero-order valence-electron chi connectivity index (χ0n) is 11.1. The van der Waals surface area contributed by atoms with E-state index in [4.69, 9.17) is 4.74 Å². The quantitative estimate of drug-likeness (QED) is 0.763. The van der Waals surface area contributed by atoms with Crippen molar-refractivity contribution in [2.45, 2.75) is 6.42 Å². The molecule has 1 N–H and O–H groups in total. The molecule has 0 aliphatic carbocycles. The van der Waals surface area contributed by atoms with Crippen LogP contribution in [0.3, 0.4) is 0 Å². The van der Waals surface area contributed by atoms with Crippen LogP contribution in [0, 0.1) is 11.6 Å². The number of halogens is 2. The molecule has 0 spiro atoms. The summed E-state index contributed by atoms with van der Waals surface area (Å²) in [5.41, 5.74) is 0. The lowest BCUT2D eigenvalue weighted by Gasteiger charge is -2.10. The van der Waals surface area contributed by atoms with Crippen LogP contribution in [0.15, 0.2) is 18.2 Å². The molecule has 0 radical (unpaired) electrons. The van der Waals surface area contributed by atoms with Gasteiger partial charge in [0.05, 0.1) is 6.54 Å². The van der Waals surface area contributed by atoms with Gasteiger partial charge >= 0.3 is 0 Å². The minimum atomic E-state index is -0.690. The number of hydrogen-bond donors (Lipinski definition) is 1. The first-order valence-electron chi connectivity index (χ1n) is 5.97. The minimum Gasteiger partial charge on any atom is -0.492 e. The van der Waals surface area contributed by atoms with Crippen LogP contribution in [-0.4, -0.2) is 44.6 Å². The van der Waals surface area contributed by atoms with Gasteiger partial charge in [-0.1, -0.05) is 0 Å². The van der Waals surface area contributed by atoms with Crippen LogP contribution >= 0.6 is 0 Å². The van der Waals surface area contributed by atoms with Crippen molar-refractivity contribution in [2.24, 2.45) is 0 Å². The van der Waals surface area contributed by atoms with Gasteiger partial charge in [0.15, 0.2) is 0 Å². The number of ether oxygens (including phenoxy) is 1. The van der Waals surface area contributed by atoms with E-state index in [2.05, 4.69) is 5.32 Å². The Kier molecular flexibility index (Phi) is 6.21.